The maximum atomic E-state index is 10.5. The minimum Gasteiger partial charge on any atom is -0.314 e. The lowest BCUT2D eigenvalue weighted by molar-refractivity contribution is 0.528. The predicted molar refractivity (Wildman–Crippen MR) is 38.0 cm³/mol. The number of nitrogens with one attached hydrogen (secondary N) is 1. The van der Waals surface area contributed by atoms with E-state index in [9.17, 15) is 4.21 Å². The van der Waals surface area contributed by atoms with Gasteiger partial charge in [-0.2, -0.15) is 0 Å². The van der Waals surface area contributed by atoms with Crippen LogP contribution in [0.3, 0.4) is 0 Å². The Morgan fingerprint density at radius 3 is 2.12 bits per heavy atom. The van der Waals surface area contributed by atoms with E-state index in [-0.39, 0.29) is 12.4 Å². The van der Waals surface area contributed by atoms with Gasteiger partial charge in [0.15, 0.2) is 0 Å². The van der Waals surface area contributed by atoms with Gasteiger partial charge in [0, 0.05) is 30.1 Å². The van der Waals surface area contributed by atoms with E-state index in [1.165, 1.54) is 0 Å². The highest BCUT2D eigenvalue weighted by Gasteiger charge is 2.19. The third-order valence-corrected chi connectivity index (χ3v) is 2.49. The maximum Gasteiger partial charge on any atom is 0.0594 e. The quantitative estimate of drug-likeness (QED) is 0.567. The van der Waals surface area contributed by atoms with Gasteiger partial charge in [-0.25, -0.2) is 0 Å². The number of halogens is 1. The lowest BCUT2D eigenvalue weighted by Gasteiger charge is -2.24. The van der Waals surface area contributed by atoms with E-state index >= 15 is 0 Å². The molecule has 0 aromatic heterocycles. The van der Waals surface area contributed by atoms with E-state index in [1.807, 2.05) is 0 Å². The number of hydrogen-bond donors (Lipinski definition) is 1. The van der Waals surface area contributed by atoms with Crippen LogP contribution in [0.25, 0.3) is 0 Å². The molecule has 0 saturated carbocycles. The summed E-state index contributed by atoms with van der Waals surface area (Å²) >= 11 is 0. The Morgan fingerprint density at radius 1 is 1.62 bits per heavy atom. The van der Waals surface area contributed by atoms with Gasteiger partial charge in [-0.15, -0.1) is 12.4 Å². The van der Waals surface area contributed by atoms with Crippen molar-refractivity contribution in [2.45, 2.75) is 5.25 Å². The first kappa shape index (κ1) is 8.40. The van der Waals surface area contributed by atoms with Crippen LogP contribution < -0.4 is 5.32 Å². The van der Waals surface area contributed by atoms with E-state index in [2.05, 4.69) is 5.32 Å². The van der Waals surface area contributed by atoms with Crippen molar-refractivity contribution in [3.8, 4) is 0 Å². The molecule has 0 spiro atoms. The standard InChI is InChI=1S/C4H9NOS.ClH/c1-7(6)4-2-5-3-4;/h4-5H,2-3H2,1H3;1H. The molecular weight excluding hydrogens is 146 g/mol. The van der Waals surface area contributed by atoms with E-state index in [4.69, 9.17) is 0 Å². The average Bonchev–Trinajstić information content (AvgIpc) is 1.23. The Kier molecular flexibility index (Phi) is 3.60. The minimum atomic E-state index is -0.586. The van der Waals surface area contributed by atoms with Gasteiger partial charge in [0.1, 0.15) is 0 Å². The molecule has 0 bridgehead atoms. The molecule has 1 aliphatic rings. The lowest BCUT2D eigenvalue weighted by atomic mass is 10.3. The summed E-state index contributed by atoms with van der Waals surface area (Å²) in [5.74, 6) is 0. The van der Waals surface area contributed by atoms with E-state index < -0.39 is 10.8 Å². The summed E-state index contributed by atoms with van der Waals surface area (Å²) in [6, 6.07) is 0. The first-order chi connectivity index (χ1) is 3.30. The van der Waals surface area contributed by atoms with Crippen LogP contribution in [0.5, 0.6) is 0 Å². The fourth-order valence-corrected chi connectivity index (χ4v) is 1.20. The first-order valence-electron chi connectivity index (χ1n) is 2.33. The SMILES string of the molecule is CS(=O)C1CNC1.Cl. The van der Waals surface area contributed by atoms with Gasteiger partial charge in [-0.05, 0) is 0 Å². The molecule has 0 aromatic rings. The average molecular weight is 156 g/mol. The summed E-state index contributed by atoms with van der Waals surface area (Å²) in [5, 5.41) is 3.49. The summed E-state index contributed by atoms with van der Waals surface area (Å²) in [6.45, 7) is 1.90. The molecule has 1 N–H and O–H groups in total. The molecule has 4 heteroatoms. The molecule has 8 heavy (non-hydrogen) atoms. The van der Waals surface area contributed by atoms with E-state index in [0.29, 0.717) is 5.25 Å². The zero-order chi connectivity index (χ0) is 5.28. The second-order valence-corrected chi connectivity index (χ2v) is 3.44. The number of hydrogen-bond acceptors (Lipinski definition) is 2. The summed E-state index contributed by atoms with van der Waals surface area (Å²) in [7, 11) is -0.586. The molecular formula is C4H10ClNOS. The fourth-order valence-electron chi connectivity index (χ4n) is 0.497. The predicted octanol–water partition coefficient (Wildman–Crippen LogP) is -0.241. The fraction of sp³-hybridized carbons (Fsp3) is 1.00. The van der Waals surface area contributed by atoms with Gasteiger partial charge in [-0.1, -0.05) is 0 Å². The molecule has 1 fully saturated rings. The van der Waals surface area contributed by atoms with Gasteiger partial charge in [0.05, 0.1) is 5.25 Å². The maximum absolute atomic E-state index is 10.5. The molecule has 0 radical (unpaired) electrons. The number of rotatable bonds is 1. The van der Waals surface area contributed by atoms with E-state index in [1.54, 1.807) is 6.26 Å². The molecule has 1 aliphatic heterocycles. The van der Waals surface area contributed by atoms with Crippen molar-refractivity contribution in [1.29, 1.82) is 0 Å². The molecule has 50 valence electrons. The van der Waals surface area contributed by atoms with Crippen molar-refractivity contribution >= 4 is 23.2 Å². The van der Waals surface area contributed by atoms with Crippen LogP contribution in [0.15, 0.2) is 0 Å². The largest absolute Gasteiger partial charge is 0.314 e. The second-order valence-electron chi connectivity index (χ2n) is 1.78. The zero-order valence-electron chi connectivity index (χ0n) is 4.72. The summed E-state index contributed by atoms with van der Waals surface area (Å²) in [6.07, 6.45) is 1.76. The molecule has 1 heterocycles. The van der Waals surface area contributed by atoms with Crippen LogP contribution in [0.4, 0.5) is 0 Å². The van der Waals surface area contributed by atoms with Gasteiger partial charge in [0.2, 0.25) is 0 Å². The summed E-state index contributed by atoms with van der Waals surface area (Å²) in [5.41, 5.74) is 0. The van der Waals surface area contributed by atoms with Crippen molar-refractivity contribution in [2.24, 2.45) is 0 Å². The van der Waals surface area contributed by atoms with Crippen molar-refractivity contribution in [2.75, 3.05) is 19.3 Å². The molecule has 1 unspecified atom stereocenters. The molecule has 0 aromatic carbocycles. The molecule has 1 saturated heterocycles. The molecule has 1 rings (SSSR count). The van der Waals surface area contributed by atoms with Crippen LogP contribution in [0.1, 0.15) is 0 Å². The monoisotopic (exact) mass is 155 g/mol. The van der Waals surface area contributed by atoms with Crippen molar-refractivity contribution < 1.29 is 4.21 Å². The van der Waals surface area contributed by atoms with Crippen molar-refractivity contribution in [3.05, 3.63) is 0 Å². The van der Waals surface area contributed by atoms with E-state index in [0.717, 1.165) is 13.1 Å². The van der Waals surface area contributed by atoms with Crippen LogP contribution in [-0.2, 0) is 10.8 Å². The van der Waals surface area contributed by atoms with Crippen LogP contribution in [0.2, 0.25) is 0 Å². The van der Waals surface area contributed by atoms with Gasteiger partial charge in [-0.3, -0.25) is 4.21 Å². The summed E-state index contributed by atoms with van der Waals surface area (Å²) < 4.78 is 10.5. The van der Waals surface area contributed by atoms with Gasteiger partial charge < -0.3 is 5.32 Å². The van der Waals surface area contributed by atoms with Crippen molar-refractivity contribution in [3.63, 3.8) is 0 Å². The van der Waals surface area contributed by atoms with Crippen molar-refractivity contribution in [1.82, 2.24) is 5.32 Å². The van der Waals surface area contributed by atoms with Gasteiger partial charge in [0.25, 0.3) is 0 Å². The topological polar surface area (TPSA) is 29.1 Å². The lowest BCUT2D eigenvalue weighted by Crippen LogP contribution is -2.48. The highest BCUT2D eigenvalue weighted by molar-refractivity contribution is 7.85. The first-order valence-corrected chi connectivity index (χ1v) is 3.96. The molecule has 0 amide bonds. The smallest absolute Gasteiger partial charge is 0.0594 e. The molecule has 2 nitrogen and oxygen atoms in total. The normalized spacial score (nSPS) is 23.1. The third kappa shape index (κ3) is 1.73. The highest BCUT2D eigenvalue weighted by Crippen LogP contribution is 1.97. The molecule has 0 aliphatic carbocycles. The van der Waals surface area contributed by atoms with Gasteiger partial charge >= 0.3 is 0 Å². The minimum absolute atomic E-state index is 0. The Labute approximate surface area is 57.9 Å². The van der Waals surface area contributed by atoms with Crippen LogP contribution in [-0.4, -0.2) is 28.8 Å². The highest BCUT2D eigenvalue weighted by atomic mass is 35.5. The Bertz CT molecular complexity index is 94.0. The zero-order valence-corrected chi connectivity index (χ0v) is 6.35. The Balaban J connectivity index is 0.000000490. The van der Waals surface area contributed by atoms with Crippen LogP contribution >= 0.6 is 12.4 Å². The molecule has 1 atom stereocenters. The second kappa shape index (κ2) is 3.43. The Hall–Kier alpha value is 0.400. The van der Waals surface area contributed by atoms with Crippen LogP contribution in [0, 0.1) is 0 Å². The summed E-state index contributed by atoms with van der Waals surface area (Å²) in [4.78, 5) is 0. The Morgan fingerprint density at radius 2 is 2.12 bits per heavy atom. The third-order valence-electron chi connectivity index (χ3n) is 1.21.